The molecule has 0 aromatic heterocycles. The van der Waals surface area contributed by atoms with E-state index in [0.29, 0.717) is 13.1 Å². The van der Waals surface area contributed by atoms with Crippen molar-refractivity contribution in [2.24, 2.45) is 5.73 Å². The molecule has 0 amide bonds. The number of hydrogen-bond acceptors (Lipinski definition) is 3. The molecule has 110 valence electrons. The second-order valence-corrected chi connectivity index (χ2v) is 6.26. The third-order valence-corrected chi connectivity index (χ3v) is 4.30. The maximum absolute atomic E-state index is 12.0. The van der Waals surface area contributed by atoms with Crippen LogP contribution in [0.15, 0.2) is 29.2 Å². The molecule has 0 fully saturated rings. The Morgan fingerprint density at radius 3 is 2.45 bits per heavy atom. The molecule has 5 heteroatoms. The molecule has 0 saturated heterocycles. The summed E-state index contributed by atoms with van der Waals surface area (Å²) in [5.41, 5.74) is 6.05. The van der Waals surface area contributed by atoms with E-state index in [-0.39, 0.29) is 4.90 Å². The lowest BCUT2D eigenvalue weighted by molar-refractivity contribution is 0.573. The Morgan fingerprint density at radius 1 is 1.15 bits per heavy atom. The second-order valence-electron chi connectivity index (χ2n) is 4.49. The number of nitrogens with two attached hydrogens (primary N) is 1. The maximum atomic E-state index is 12.0. The summed E-state index contributed by atoms with van der Waals surface area (Å²) in [7, 11) is -3.41. The summed E-state index contributed by atoms with van der Waals surface area (Å²) in [6, 6.07) is 6.51. The minimum absolute atomic E-state index is 0.270. The fraction of sp³-hybridized carbons (Fsp3) is 0.467. The molecule has 0 aliphatic rings. The van der Waals surface area contributed by atoms with Crippen LogP contribution >= 0.6 is 0 Å². The predicted octanol–water partition coefficient (Wildman–Crippen LogP) is 1.86. The monoisotopic (exact) mass is 294 g/mol. The Hall–Kier alpha value is -1.35. The summed E-state index contributed by atoms with van der Waals surface area (Å²) in [6.07, 6.45) is 4.19. The van der Waals surface area contributed by atoms with Crippen molar-refractivity contribution < 1.29 is 8.42 Å². The Morgan fingerprint density at radius 2 is 1.85 bits per heavy atom. The van der Waals surface area contributed by atoms with Crippen LogP contribution in [0.1, 0.15) is 38.2 Å². The van der Waals surface area contributed by atoms with Crippen molar-refractivity contribution in [2.45, 2.75) is 37.5 Å². The third kappa shape index (κ3) is 5.74. The van der Waals surface area contributed by atoms with Crippen molar-refractivity contribution in [1.29, 1.82) is 0 Å². The van der Waals surface area contributed by atoms with Crippen LogP contribution in [0.3, 0.4) is 0 Å². The van der Waals surface area contributed by atoms with Crippen molar-refractivity contribution in [2.75, 3.05) is 13.1 Å². The van der Waals surface area contributed by atoms with E-state index in [1.54, 1.807) is 24.3 Å². The highest BCUT2D eigenvalue weighted by atomic mass is 32.2. The molecular formula is C15H22N2O2S. The first kappa shape index (κ1) is 16.7. The molecular weight excluding hydrogens is 272 g/mol. The summed E-state index contributed by atoms with van der Waals surface area (Å²) >= 11 is 0. The van der Waals surface area contributed by atoms with Crippen molar-refractivity contribution in [3.8, 4) is 11.8 Å². The summed E-state index contributed by atoms with van der Waals surface area (Å²) < 4.78 is 26.7. The van der Waals surface area contributed by atoms with Gasteiger partial charge in [0.2, 0.25) is 10.0 Å². The van der Waals surface area contributed by atoms with Crippen LogP contribution in [0.4, 0.5) is 0 Å². The predicted molar refractivity (Wildman–Crippen MR) is 81.7 cm³/mol. The normalized spacial score (nSPS) is 10.9. The minimum atomic E-state index is -3.41. The topological polar surface area (TPSA) is 72.2 Å². The molecule has 0 radical (unpaired) electrons. The first-order valence-electron chi connectivity index (χ1n) is 6.89. The number of unbranched alkanes of at least 4 members (excludes halogenated alkanes) is 3. The molecule has 0 unspecified atom stereocenters. The lowest BCUT2D eigenvalue weighted by Gasteiger charge is -2.06. The van der Waals surface area contributed by atoms with Gasteiger partial charge in [0.1, 0.15) is 0 Å². The minimum Gasteiger partial charge on any atom is -0.320 e. The third-order valence-electron chi connectivity index (χ3n) is 2.82. The molecule has 0 spiro atoms. The first-order chi connectivity index (χ1) is 9.60. The highest BCUT2D eigenvalue weighted by Crippen LogP contribution is 2.10. The fourth-order valence-corrected chi connectivity index (χ4v) is 2.79. The molecule has 1 aromatic carbocycles. The van der Waals surface area contributed by atoms with Gasteiger partial charge in [-0.05, 0) is 30.7 Å². The van der Waals surface area contributed by atoms with E-state index in [0.717, 1.165) is 31.2 Å². The van der Waals surface area contributed by atoms with Gasteiger partial charge in [-0.3, -0.25) is 0 Å². The van der Waals surface area contributed by atoms with E-state index in [9.17, 15) is 8.42 Å². The van der Waals surface area contributed by atoms with Gasteiger partial charge in [0, 0.05) is 12.1 Å². The molecule has 0 aliphatic heterocycles. The first-order valence-corrected chi connectivity index (χ1v) is 8.37. The highest BCUT2D eigenvalue weighted by Gasteiger charge is 2.12. The van der Waals surface area contributed by atoms with E-state index in [1.807, 2.05) is 0 Å². The summed E-state index contributed by atoms with van der Waals surface area (Å²) in [5, 5.41) is 0. The zero-order chi connectivity index (χ0) is 14.8. The van der Waals surface area contributed by atoms with E-state index in [1.165, 1.54) is 0 Å². The number of hydrogen-bond donors (Lipinski definition) is 2. The van der Waals surface area contributed by atoms with Gasteiger partial charge in [-0.2, -0.15) is 0 Å². The zero-order valence-electron chi connectivity index (χ0n) is 11.9. The van der Waals surface area contributed by atoms with Gasteiger partial charge >= 0.3 is 0 Å². The van der Waals surface area contributed by atoms with Crippen LogP contribution in [0.25, 0.3) is 0 Å². The Kier molecular flexibility index (Phi) is 7.31. The van der Waals surface area contributed by atoms with Crippen LogP contribution < -0.4 is 10.5 Å². The van der Waals surface area contributed by atoms with Gasteiger partial charge in [0.15, 0.2) is 0 Å². The van der Waals surface area contributed by atoms with E-state index in [4.69, 9.17) is 5.73 Å². The molecule has 0 bridgehead atoms. The van der Waals surface area contributed by atoms with Crippen LogP contribution in [0, 0.1) is 11.8 Å². The lowest BCUT2D eigenvalue weighted by atomic mass is 10.2. The Bertz CT molecular complexity index is 554. The van der Waals surface area contributed by atoms with Gasteiger partial charge in [0.05, 0.1) is 11.4 Å². The second kappa shape index (κ2) is 8.75. The van der Waals surface area contributed by atoms with Crippen molar-refractivity contribution >= 4 is 10.0 Å². The average Bonchev–Trinajstić information content (AvgIpc) is 2.45. The average molecular weight is 294 g/mol. The SMILES string of the molecule is CCCCCCNS(=O)(=O)c1ccc(C#CCN)cc1. The molecule has 4 nitrogen and oxygen atoms in total. The summed E-state index contributed by atoms with van der Waals surface area (Å²) in [5.74, 6) is 5.59. The molecule has 1 aromatic rings. The van der Waals surface area contributed by atoms with Gasteiger partial charge in [-0.1, -0.05) is 38.0 Å². The standard InChI is InChI=1S/C15H22N2O2S/c1-2-3-4-5-13-17-20(18,19)15-10-8-14(9-11-15)7-6-12-16/h8-11,17H,2-5,12-13,16H2,1H3. The smallest absolute Gasteiger partial charge is 0.240 e. The van der Waals surface area contributed by atoms with Crippen molar-refractivity contribution in [3.05, 3.63) is 29.8 Å². The van der Waals surface area contributed by atoms with E-state index in [2.05, 4.69) is 23.5 Å². The van der Waals surface area contributed by atoms with Crippen molar-refractivity contribution in [3.63, 3.8) is 0 Å². The molecule has 3 N–H and O–H groups in total. The quantitative estimate of drug-likeness (QED) is 0.595. The lowest BCUT2D eigenvalue weighted by Crippen LogP contribution is -2.24. The van der Waals surface area contributed by atoms with E-state index < -0.39 is 10.0 Å². The maximum Gasteiger partial charge on any atom is 0.240 e. The van der Waals surface area contributed by atoms with Gasteiger partial charge in [-0.25, -0.2) is 13.1 Å². The molecule has 0 atom stereocenters. The number of nitrogens with one attached hydrogen (secondary N) is 1. The van der Waals surface area contributed by atoms with Gasteiger partial charge < -0.3 is 5.73 Å². The van der Waals surface area contributed by atoms with E-state index >= 15 is 0 Å². The number of sulfonamides is 1. The number of rotatable bonds is 7. The molecule has 20 heavy (non-hydrogen) atoms. The summed E-state index contributed by atoms with van der Waals surface area (Å²) in [4.78, 5) is 0.270. The number of benzene rings is 1. The zero-order valence-corrected chi connectivity index (χ0v) is 12.7. The Balaban J connectivity index is 2.59. The molecule has 0 heterocycles. The highest BCUT2D eigenvalue weighted by molar-refractivity contribution is 7.89. The van der Waals surface area contributed by atoms with Crippen LogP contribution in [-0.4, -0.2) is 21.5 Å². The Labute approximate surface area is 121 Å². The van der Waals surface area contributed by atoms with Crippen LogP contribution in [0.2, 0.25) is 0 Å². The van der Waals surface area contributed by atoms with Crippen molar-refractivity contribution in [1.82, 2.24) is 4.72 Å². The largest absolute Gasteiger partial charge is 0.320 e. The van der Waals surface area contributed by atoms with Crippen LogP contribution in [-0.2, 0) is 10.0 Å². The fourth-order valence-electron chi connectivity index (χ4n) is 1.71. The molecule has 0 aliphatic carbocycles. The summed E-state index contributed by atoms with van der Waals surface area (Å²) in [6.45, 7) is 2.90. The molecule has 0 saturated carbocycles. The van der Waals surface area contributed by atoms with Gasteiger partial charge in [0.25, 0.3) is 0 Å². The molecule has 1 rings (SSSR count). The van der Waals surface area contributed by atoms with Crippen LogP contribution in [0.5, 0.6) is 0 Å². The van der Waals surface area contributed by atoms with Gasteiger partial charge in [-0.15, -0.1) is 0 Å².